The van der Waals surface area contributed by atoms with Gasteiger partial charge >= 0.3 is 0 Å². The van der Waals surface area contributed by atoms with Crippen LogP contribution in [0, 0.1) is 0 Å². The first kappa shape index (κ1) is 12.0. The number of nitrogens with zero attached hydrogens (tertiary/aromatic N) is 2. The van der Waals surface area contributed by atoms with Crippen LogP contribution >= 0.6 is 11.6 Å². The molecule has 1 rings (SSSR count). The molecule has 4 nitrogen and oxygen atoms in total. The van der Waals surface area contributed by atoms with Crippen LogP contribution in [-0.4, -0.2) is 16.5 Å². The Morgan fingerprint density at radius 1 is 1.33 bits per heavy atom. The fourth-order valence-corrected chi connectivity index (χ4v) is 1.43. The molecule has 0 aromatic carbocycles. The molecule has 0 bridgehead atoms. The molecule has 84 valence electrons. The number of anilines is 2. The van der Waals surface area contributed by atoms with Crippen molar-refractivity contribution in [3.8, 4) is 0 Å². The lowest BCUT2D eigenvalue weighted by molar-refractivity contribution is 0.684. The van der Waals surface area contributed by atoms with Crippen molar-refractivity contribution < 1.29 is 0 Å². The number of nitrogen functional groups attached to an aromatic ring is 1. The molecule has 3 N–H and O–H groups in total. The first-order chi connectivity index (χ1) is 7.25. The summed E-state index contributed by atoms with van der Waals surface area (Å²) >= 11 is 5.92. The standard InChI is InChI=1S/C10H17ClN4/c1-2-3-4-5-6-13-10-8(11)9(12)14-7-15-10/h7H,2-6H2,1H3,(H3,12,13,14,15). The number of aromatic nitrogens is 2. The van der Waals surface area contributed by atoms with Crippen molar-refractivity contribution in [3.63, 3.8) is 0 Å². The van der Waals surface area contributed by atoms with Crippen LogP contribution in [0.4, 0.5) is 11.6 Å². The maximum atomic E-state index is 5.92. The zero-order chi connectivity index (χ0) is 11.1. The highest BCUT2D eigenvalue weighted by molar-refractivity contribution is 6.35. The Morgan fingerprint density at radius 3 is 2.87 bits per heavy atom. The van der Waals surface area contributed by atoms with Gasteiger partial charge in [0.05, 0.1) is 0 Å². The largest absolute Gasteiger partial charge is 0.382 e. The molecule has 0 atom stereocenters. The molecule has 0 aliphatic heterocycles. The average molecular weight is 229 g/mol. The van der Waals surface area contributed by atoms with Crippen LogP contribution in [0.5, 0.6) is 0 Å². The topological polar surface area (TPSA) is 63.8 Å². The van der Waals surface area contributed by atoms with E-state index in [1.807, 2.05) is 0 Å². The number of rotatable bonds is 6. The normalized spacial score (nSPS) is 10.3. The minimum Gasteiger partial charge on any atom is -0.382 e. The molecule has 0 unspecified atom stereocenters. The van der Waals surface area contributed by atoms with E-state index in [0.717, 1.165) is 13.0 Å². The Labute approximate surface area is 95.3 Å². The van der Waals surface area contributed by atoms with Gasteiger partial charge in [0.15, 0.2) is 0 Å². The zero-order valence-electron chi connectivity index (χ0n) is 8.96. The van der Waals surface area contributed by atoms with Gasteiger partial charge in [-0.25, -0.2) is 9.97 Å². The summed E-state index contributed by atoms with van der Waals surface area (Å²) in [6.45, 7) is 3.06. The molecule has 15 heavy (non-hydrogen) atoms. The summed E-state index contributed by atoms with van der Waals surface area (Å²) in [5.41, 5.74) is 5.55. The highest BCUT2D eigenvalue weighted by Crippen LogP contribution is 2.22. The highest BCUT2D eigenvalue weighted by atomic mass is 35.5. The predicted molar refractivity (Wildman–Crippen MR) is 64.1 cm³/mol. The Kier molecular flexibility index (Phi) is 5.18. The van der Waals surface area contributed by atoms with E-state index in [9.17, 15) is 0 Å². The third-order valence-electron chi connectivity index (χ3n) is 2.14. The summed E-state index contributed by atoms with van der Waals surface area (Å²) in [6, 6.07) is 0. The minimum atomic E-state index is 0.322. The van der Waals surface area contributed by atoms with Crippen LogP contribution in [0.2, 0.25) is 5.02 Å². The minimum absolute atomic E-state index is 0.322. The van der Waals surface area contributed by atoms with Crippen LogP contribution in [0.3, 0.4) is 0 Å². The third-order valence-corrected chi connectivity index (χ3v) is 2.51. The van der Waals surface area contributed by atoms with Crippen molar-refractivity contribution in [2.24, 2.45) is 0 Å². The molecule has 1 heterocycles. The van der Waals surface area contributed by atoms with Crippen LogP contribution in [0.25, 0.3) is 0 Å². The SMILES string of the molecule is CCCCCCNc1ncnc(N)c1Cl. The van der Waals surface area contributed by atoms with E-state index in [0.29, 0.717) is 16.7 Å². The van der Waals surface area contributed by atoms with E-state index >= 15 is 0 Å². The van der Waals surface area contributed by atoms with Gasteiger partial charge in [-0.3, -0.25) is 0 Å². The monoisotopic (exact) mass is 228 g/mol. The Morgan fingerprint density at radius 2 is 2.13 bits per heavy atom. The van der Waals surface area contributed by atoms with E-state index in [2.05, 4.69) is 22.2 Å². The van der Waals surface area contributed by atoms with Crippen molar-refractivity contribution in [2.75, 3.05) is 17.6 Å². The van der Waals surface area contributed by atoms with Crippen molar-refractivity contribution in [1.82, 2.24) is 9.97 Å². The lowest BCUT2D eigenvalue weighted by Crippen LogP contribution is -2.05. The maximum absolute atomic E-state index is 5.92. The van der Waals surface area contributed by atoms with Crippen molar-refractivity contribution in [1.29, 1.82) is 0 Å². The first-order valence-electron chi connectivity index (χ1n) is 5.25. The Bertz CT molecular complexity index is 303. The average Bonchev–Trinajstić information content (AvgIpc) is 2.24. The van der Waals surface area contributed by atoms with Crippen molar-refractivity contribution in [3.05, 3.63) is 11.3 Å². The molecular weight excluding hydrogens is 212 g/mol. The first-order valence-corrected chi connectivity index (χ1v) is 5.63. The summed E-state index contributed by atoms with van der Waals surface area (Å²) < 4.78 is 0. The third kappa shape index (κ3) is 3.91. The number of nitrogens with two attached hydrogens (primary N) is 1. The summed E-state index contributed by atoms with van der Waals surface area (Å²) in [7, 11) is 0. The van der Waals surface area contributed by atoms with Gasteiger partial charge in [-0.1, -0.05) is 37.8 Å². The van der Waals surface area contributed by atoms with Gasteiger partial charge in [0, 0.05) is 6.54 Å². The second-order valence-electron chi connectivity index (χ2n) is 3.41. The Hall–Kier alpha value is -1.03. The highest BCUT2D eigenvalue weighted by Gasteiger charge is 2.04. The van der Waals surface area contributed by atoms with Crippen molar-refractivity contribution >= 4 is 23.2 Å². The Balaban J connectivity index is 2.34. The molecule has 1 aromatic rings. The number of unbranched alkanes of at least 4 members (excludes halogenated alkanes) is 3. The number of halogens is 1. The van der Waals surface area contributed by atoms with Gasteiger partial charge in [-0.05, 0) is 6.42 Å². The fourth-order valence-electron chi connectivity index (χ4n) is 1.27. The van der Waals surface area contributed by atoms with Crippen molar-refractivity contribution in [2.45, 2.75) is 32.6 Å². The number of hydrogen-bond donors (Lipinski definition) is 2. The van der Waals surface area contributed by atoms with Gasteiger partial charge in [-0.2, -0.15) is 0 Å². The van der Waals surface area contributed by atoms with Crippen LogP contribution in [0.15, 0.2) is 6.33 Å². The van der Waals surface area contributed by atoms with E-state index < -0.39 is 0 Å². The zero-order valence-corrected chi connectivity index (χ0v) is 9.72. The van der Waals surface area contributed by atoms with Gasteiger partial charge in [0.2, 0.25) is 0 Å². The molecule has 0 spiro atoms. The number of hydrogen-bond acceptors (Lipinski definition) is 4. The second-order valence-corrected chi connectivity index (χ2v) is 3.79. The molecule has 1 aromatic heterocycles. The summed E-state index contributed by atoms with van der Waals surface area (Å²) in [6.07, 6.45) is 6.26. The van der Waals surface area contributed by atoms with Gasteiger partial charge in [0.25, 0.3) is 0 Å². The lowest BCUT2D eigenvalue weighted by atomic mass is 10.2. The summed E-state index contributed by atoms with van der Waals surface area (Å²) in [5, 5.41) is 3.56. The second kappa shape index (κ2) is 6.45. The molecule has 0 aliphatic carbocycles. The van der Waals surface area contributed by atoms with Gasteiger partial charge in [-0.15, -0.1) is 0 Å². The molecule has 0 fully saturated rings. The van der Waals surface area contributed by atoms with E-state index in [1.165, 1.54) is 25.6 Å². The summed E-state index contributed by atoms with van der Waals surface area (Å²) in [4.78, 5) is 7.81. The smallest absolute Gasteiger partial charge is 0.150 e. The van der Waals surface area contributed by atoms with Crippen LogP contribution in [0.1, 0.15) is 32.6 Å². The van der Waals surface area contributed by atoms with Crippen LogP contribution < -0.4 is 11.1 Å². The summed E-state index contributed by atoms with van der Waals surface area (Å²) in [5.74, 6) is 0.948. The van der Waals surface area contributed by atoms with Gasteiger partial charge in [0.1, 0.15) is 23.0 Å². The quantitative estimate of drug-likeness (QED) is 0.735. The molecule has 0 radical (unpaired) electrons. The van der Waals surface area contributed by atoms with E-state index in [-0.39, 0.29) is 0 Å². The molecule has 0 saturated carbocycles. The van der Waals surface area contributed by atoms with E-state index in [4.69, 9.17) is 17.3 Å². The fraction of sp³-hybridized carbons (Fsp3) is 0.600. The maximum Gasteiger partial charge on any atom is 0.150 e. The molecule has 0 saturated heterocycles. The molecule has 5 heteroatoms. The van der Waals surface area contributed by atoms with Gasteiger partial charge < -0.3 is 11.1 Å². The molecular formula is C10H17ClN4. The predicted octanol–water partition coefficient (Wildman–Crippen LogP) is 2.70. The molecule has 0 aliphatic rings. The molecule has 0 amide bonds. The number of nitrogens with one attached hydrogen (secondary N) is 1. The lowest BCUT2D eigenvalue weighted by Gasteiger charge is -2.07. The van der Waals surface area contributed by atoms with Crippen LogP contribution in [-0.2, 0) is 0 Å². The van der Waals surface area contributed by atoms with E-state index in [1.54, 1.807) is 0 Å².